The summed E-state index contributed by atoms with van der Waals surface area (Å²) in [5.74, 6) is -0.193. The minimum Gasteiger partial charge on any atom is -0.370 e. The molecular weight excluding hydrogens is 206 g/mol. The molecule has 1 rings (SSSR count). The highest BCUT2D eigenvalue weighted by Crippen LogP contribution is 1.85. The molecule has 7 N–H and O–H groups in total. The molecule has 0 aromatic heterocycles. The lowest BCUT2D eigenvalue weighted by molar-refractivity contribution is 0.204. The lowest BCUT2D eigenvalue weighted by atomic mass is 10.4. The van der Waals surface area contributed by atoms with Crippen molar-refractivity contribution in [2.45, 2.75) is 0 Å². The summed E-state index contributed by atoms with van der Waals surface area (Å²) in [5.41, 5.74) is 7.85. The molecule has 0 amide bonds. The van der Waals surface area contributed by atoms with E-state index in [1.54, 1.807) is 0 Å². The summed E-state index contributed by atoms with van der Waals surface area (Å²) in [6.07, 6.45) is 0. The number of nitrogens with one attached hydrogen (secondary N) is 5. The van der Waals surface area contributed by atoms with E-state index in [0.717, 1.165) is 26.2 Å². The zero-order chi connectivity index (χ0) is 9.68. The van der Waals surface area contributed by atoms with Crippen LogP contribution in [-0.4, -0.2) is 43.1 Å². The Balaban J connectivity index is 0.00000169. The molecule has 0 aromatic rings. The van der Waals surface area contributed by atoms with Crippen LogP contribution in [0.15, 0.2) is 0 Å². The number of hydrogen-bond donors (Lipinski definition) is 6. The number of guanidine groups is 2. The van der Waals surface area contributed by atoms with Crippen molar-refractivity contribution in [3.63, 3.8) is 0 Å². The van der Waals surface area contributed by atoms with Gasteiger partial charge in [0, 0.05) is 26.2 Å². The van der Waals surface area contributed by atoms with Crippen LogP contribution in [0.1, 0.15) is 0 Å². The fourth-order valence-electron chi connectivity index (χ4n) is 1.10. The number of halogens is 1. The normalized spacial score (nSPS) is 16.6. The maximum Gasteiger partial charge on any atom is 0.210 e. The summed E-state index contributed by atoms with van der Waals surface area (Å²) in [5, 5.41) is 21.7. The predicted octanol–water partition coefficient (Wildman–Crippen LogP) is -1.76. The van der Waals surface area contributed by atoms with Gasteiger partial charge in [0.1, 0.15) is 0 Å². The van der Waals surface area contributed by atoms with Gasteiger partial charge in [-0.25, -0.2) is 5.01 Å². The molecule has 14 heavy (non-hydrogen) atoms. The molecule has 1 aliphatic heterocycles. The average molecular weight is 222 g/mol. The molecule has 0 saturated carbocycles. The summed E-state index contributed by atoms with van der Waals surface area (Å²) in [4.78, 5) is 0. The summed E-state index contributed by atoms with van der Waals surface area (Å²) < 4.78 is 0. The quantitative estimate of drug-likeness (QED) is 0.232. The second-order valence-electron chi connectivity index (χ2n) is 2.76. The van der Waals surface area contributed by atoms with Crippen LogP contribution in [-0.2, 0) is 0 Å². The van der Waals surface area contributed by atoms with Crippen molar-refractivity contribution in [2.75, 3.05) is 26.2 Å². The second kappa shape index (κ2) is 6.41. The van der Waals surface area contributed by atoms with Crippen LogP contribution in [0.3, 0.4) is 0 Å². The van der Waals surface area contributed by atoms with Crippen molar-refractivity contribution >= 4 is 24.3 Å². The maximum atomic E-state index is 7.35. The number of nitrogens with zero attached hydrogens (tertiary/aromatic N) is 1. The first-order valence-corrected chi connectivity index (χ1v) is 4.10. The zero-order valence-corrected chi connectivity index (χ0v) is 8.58. The highest BCUT2D eigenvalue weighted by atomic mass is 35.5. The smallest absolute Gasteiger partial charge is 0.210 e. The Labute approximate surface area is 88.8 Å². The van der Waals surface area contributed by atoms with E-state index >= 15 is 0 Å². The van der Waals surface area contributed by atoms with Crippen LogP contribution in [0.4, 0.5) is 0 Å². The average Bonchev–Trinajstić information content (AvgIpc) is 2.04. The van der Waals surface area contributed by atoms with Gasteiger partial charge in [0.05, 0.1) is 0 Å². The molecule has 1 saturated heterocycles. The summed E-state index contributed by atoms with van der Waals surface area (Å²) in [6, 6.07) is 0. The van der Waals surface area contributed by atoms with Gasteiger partial charge in [-0.1, -0.05) is 0 Å². The van der Waals surface area contributed by atoms with Crippen molar-refractivity contribution in [3.05, 3.63) is 0 Å². The van der Waals surface area contributed by atoms with Gasteiger partial charge in [0.25, 0.3) is 0 Å². The molecular formula is C6H16ClN7. The topological polar surface area (TPSA) is 113 Å². The van der Waals surface area contributed by atoms with E-state index < -0.39 is 0 Å². The van der Waals surface area contributed by atoms with E-state index in [0.29, 0.717) is 0 Å². The Bertz CT molecular complexity index is 200. The molecule has 82 valence electrons. The van der Waals surface area contributed by atoms with E-state index in [4.69, 9.17) is 16.6 Å². The monoisotopic (exact) mass is 221 g/mol. The number of nitrogens with two attached hydrogens (primary N) is 1. The third kappa shape index (κ3) is 4.85. The Hall–Kier alpha value is -1.05. The predicted molar refractivity (Wildman–Crippen MR) is 57.6 cm³/mol. The molecule has 1 heterocycles. The van der Waals surface area contributed by atoms with Crippen LogP contribution in [0.5, 0.6) is 0 Å². The van der Waals surface area contributed by atoms with Gasteiger partial charge in [-0.15, -0.1) is 12.4 Å². The van der Waals surface area contributed by atoms with E-state index in [1.807, 2.05) is 5.01 Å². The third-order valence-electron chi connectivity index (χ3n) is 1.65. The minimum atomic E-state index is -0.229. The van der Waals surface area contributed by atoms with Crippen LogP contribution in [0, 0.1) is 10.8 Å². The fourth-order valence-corrected chi connectivity index (χ4v) is 1.10. The highest BCUT2D eigenvalue weighted by Gasteiger charge is 2.09. The first-order chi connectivity index (χ1) is 6.18. The van der Waals surface area contributed by atoms with Gasteiger partial charge in [-0.3, -0.25) is 21.6 Å². The van der Waals surface area contributed by atoms with E-state index in [-0.39, 0.29) is 24.3 Å². The molecule has 0 aliphatic carbocycles. The molecule has 0 aromatic carbocycles. The van der Waals surface area contributed by atoms with Crippen LogP contribution >= 0.6 is 12.4 Å². The molecule has 0 unspecified atom stereocenters. The number of rotatable bonds is 1. The van der Waals surface area contributed by atoms with Crippen molar-refractivity contribution in [2.24, 2.45) is 5.73 Å². The van der Waals surface area contributed by atoms with Gasteiger partial charge in [-0.2, -0.15) is 0 Å². The third-order valence-corrected chi connectivity index (χ3v) is 1.65. The first-order valence-electron chi connectivity index (χ1n) is 4.10. The molecule has 0 radical (unpaired) electrons. The van der Waals surface area contributed by atoms with Crippen molar-refractivity contribution in [3.8, 4) is 0 Å². The Kier molecular flexibility index (Phi) is 5.93. The molecule has 8 heteroatoms. The molecule has 0 bridgehead atoms. The SMILES string of the molecule is Cl.N=C(N)NC(=N)NN1CCNCC1. The molecule has 7 nitrogen and oxygen atoms in total. The lowest BCUT2D eigenvalue weighted by Gasteiger charge is -2.28. The maximum absolute atomic E-state index is 7.35. The zero-order valence-electron chi connectivity index (χ0n) is 7.76. The highest BCUT2D eigenvalue weighted by molar-refractivity contribution is 5.94. The van der Waals surface area contributed by atoms with Gasteiger partial charge >= 0.3 is 0 Å². The van der Waals surface area contributed by atoms with Gasteiger partial charge < -0.3 is 11.1 Å². The summed E-state index contributed by atoms with van der Waals surface area (Å²) in [6.45, 7) is 3.48. The minimum absolute atomic E-state index is 0. The lowest BCUT2D eigenvalue weighted by Crippen LogP contribution is -2.56. The van der Waals surface area contributed by atoms with Gasteiger partial charge in [0.2, 0.25) is 5.96 Å². The van der Waals surface area contributed by atoms with E-state index in [2.05, 4.69) is 16.1 Å². The molecule has 0 spiro atoms. The largest absolute Gasteiger partial charge is 0.370 e. The summed E-state index contributed by atoms with van der Waals surface area (Å²) >= 11 is 0. The molecule has 1 aliphatic rings. The van der Waals surface area contributed by atoms with Gasteiger partial charge in [-0.05, 0) is 0 Å². The van der Waals surface area contributed by atoms with Crippen molar-refractivity contribution in [1.82, 2.24) is 21.1 Å². The van der Waals surface area contributed by atoms with E-state index in [9.17, 15) is 0 Å². The number of hydrogen-bond acceptors (Lipinski definition) is 4. The number of hydrazine groups is 1. The molecule has 1 fully saturated rings. The van der Waals surface area contributed by atoms with Gasteiger partial charge in [0.15, 0.2) is 5.96 Å². The Morgan fingerprint density at radius 2 is 1.86 bits per heavy atom. The fraction of sp³-hybridized carbons (Fsp3) is 0.667. The first kappa shape index (κ1) is 12.9. The van der Waals surface area contributed by atoms with Crippen molar-refractivity contribution < 1.29 is 0 Å². The van der Waals surface area contributed by atoms with E-state index in [1.165, 1.54) is 0 Å². The molecule has 0 atom stereocenters. The Morgan fingerprint density at radius 3 is 2.36 bits per heavy atom. The van der Waals surface area contributed by atoms with Crippen LogP contribution < -0.4 is 21.8 Å². The summed E-state index contributed by atoms with van der Waals surface area (Å²) in [7, 11) is 0. The second-order valence-corrected chi connectivity index (χ2v) is 2.76. The Morgan fingerprint density at radius 1 is 1.29 bits per heavy atom. The standard InChI is InChI=1S/C6H15N7.ClH/c7-5(8)11-6(9)12-13-3-1-10-2-4-13;/h10H,1-4H2,(H6,7,8,9,11,12);1H. The number of piperazine rings is 1. The van der Waals surface area contributed by atoms with Crippen LogP contribution in [0.2, 0.25) is 0 Å². The van der Waals surface area contributed by atoms with Crippen LogP contribution in [0.25, 0.3) is 0 Å². The van der Waals surface area contributed by atoms with Crippen molar-refractivity contribution in [1.29, 1.82) is 10.8 Å².